The number of hydrogen-bond acceptors (Lipinski definition) is 5. The van der Waals surface area contributed by atoms with Crippen LogP contribution in [0, 0.1) is 0 Å². The van der Waals surface area contributed by atoms with Gasteiger partial charge in [-0.15, -0.1) is 35.3 Å². The summed E-state index contributed by atoms with van der Waals surface area (Å²) in [6.07, 6.45) is 1.73. The van der Waals surface area contributed by atoms with E-state index in [1.807, 2.05) is 66.9 Å². The Morgan fingerprint density at radius 2 is 1.94 bits per heavy atom. The number of nitrogens with one attached hydrogen (secondary N) is 2. The highest BCUT2D eigenvalue weighted by molar-refractivity contribution is 14.0. The van der Waals surface area contributed by atoms with Crippen molar-refractivity contribution in [3.8, 4) is 5.88 Å². The number of halogens is 1. The molecule has 1 atom stereocenters. The van der Waals surface area contributed by atoms with Gasteiger partial charge in [0.05, 0.1) is 13.1 Å². The van der Waals surface area contributed by atoms with Gasteiger partial charge in [0.15, 0.2) is 5.96 Å². The van der Waals surface area contributed by atoms with Gasteiger partial charge in [-0.3, -0.25) is 0 Å². The maximum atomic E-state index is 10.7. The van der Waals surface area contributed by atoms with Gasteiger partial charge in [0.1, 0.15) is 12.2 Å². The second kappa shape index (κ2) is 12.6. The lowest BCUT2D eigenvalue weighted by atomic mass is 10.1. The smallest absolute Gasteiger partial charge is 0.213 e. The summed E-state index contributed by atoms with van der Waals surface area (Å²) in [6, 6.07) is 17.7. The SMILES string of the molecule is CCNC(=NCc1ccnc(OCc2ccccc2)c1)NCC(C)(O)c1cccs1.I. The van der Waals surface area contributed by atoms with E-state index in [2.05, 4.69) is 20.6 Å². The minimum absolute atomic E-state index is 0. The van der Waals surface area contributed by atoms with E-state index in [0.717, 1.165) is 22.5 Å². The lowest BCUT2D eigenvalue weighted by Crippen LogP contribution is -2.44. The average Bonchev–Trinajstić information content (AvgIpc) is 3.31. The van der Waals surface area contributed by atoms with E-state index in [1.54, 1.807) is 13.1 Å². The third kappa shape index (κ3) is 8.12. The Kier molecular flexibility index (Phi) is 10.2. The first-order valence-electron chi connectivity index (χ1n) is 9.97. The van der Waals surface area contributed by atoms with Gasteiger partial charge in [-0.2, -0.15) is 0 Å². The number of benzene rings is 1. The molecule has 0 saturated heterocycles. The van der Waals surface area contributed by atoms with Gasteiger partial charge in [-0.25, -0.2) is 9.98 Å². The first-order chi connectivity index (χ1) is 14.6. The monoisotopic (exact) mass is 552 g/mol. The van der Waals surface area contributed by atoms with Crippen molar-refractivity contribution in [2.24, 2.45) is 4.99 Å². The molecule has 2 heterocycles. The maximum absolute atomic E-state index is 10.7. The van der Waals surface area contributed by atoms with Crippen LogP contribution in [0.2, 0.25) is 0 Å². The van der Waals surface area contributed by atoms with E-state index < -0.39 is 5.60 Å². The molecule has 8 heteroatoms. The molecule has 0 spiro atoms. The number of rotatable bonds is 9. The number of aliphatic imine (C=N–C) groups is 1. The number of aliphatic hydroxyl groups is 1. The molecule has 31 heavy (non-hydrogen) atoms. The summed E-state index contributed by atoms with van der Waals surface area (Å²) in [6.45, 7) is 5.85. The fourth-order valence-electron chi connectivity index (χ4n) is 2.80. The molecule has 0 fully saturated rings. The highest BCUT2D eigenvalue weighted by atomic mass is 127. The van der Waals surface area contributed by atoms with Gasteiger partial charge in [0.2, 0.25) is 5.88 Å². The summed E-state index contributed by atoms with van der Waals surface area (Å²) in [5.74, 6) is 1.23. The van der Waals surface area contributed by atoms with Crippen molar-refractivity contribution in [1.82, 2.24) is 15.6 Å². The number of hydrogen-bond donors (Lipinski definition) is 3. The van der Waals surface area contributed by atoms with Crippen LogP contribution in [0.4, 0.5) is 0 Å². The average molecular weight is 552 g/mol. The lowest BCUT2D eigenvalue weighted by molar-refractivity contribution is 0.0655. The Bertz CT molecular complexity index is 934. The summed E-state index contributed by atoms with van der Waals surface area (Å²) in [7, 11) is 0. The lowest BCUT2D eigenvalue weighted by Gasteiger charge is -2.23. The van der Waals surface area contributed by atoms with Crippen LogP contribution in [0.15, 0.2) is 71.2 Å². The minimum Gasteiger partial charge on any atom is -0.473 e. The zero-order valence-corrected chi connectivity index (χ0v) is 20.9. The van der Waals surface area contributed by atoms with Crippen molar-refractivity contribution in [1.29, 1.82) is 0 Å². The molecular weight excluding hydrogens is 523 g/mol. The zero-order valence-electron chi connectivity index (χ0n) is 17.7. The van der Waals surface area contributed by atoms with Gasteiger partial charge in [-0.1, -0.05) is 36.4 Å². The highest BCUT2D eigenvalue weighted by Crippen LogP contribution is 2.24. The molecule has 6 nitrogen and oxygen atoms in total. The van der Waals surface area contributed by atoms with Crippen LogP contribution < -0.4 is 15.4 Å². The molecule has 0 bridgehead atoms. The second-order valence-corrected chi connectivity index (χ2v) is 8.02. The molecule has 166 valence electrons. The Hall–Kier alpha value is -2.17. The van der Waals surface area contributed by atoms with E-state index in [9.17, 15) is 5.11 Å². The predicted octanol–water partition coefficient (Wildman–Crippen LogP) is 4.30. The van der Waals surface area contributed by atoms with E-state index in [0.29, 0.717) is 31.5 Å². The molecular formula is C23H29IN4O2S. The van der Waals surface area contributed by atoms with Gasteiger partial charge >= 0.3 is 0 Å². The summed E-state index contributed by atoms with van der Waals surface area (Å²) in [5.41, 5.74) is 1.13. The van der Waals surface area contributed by atoms with Gasteiger partial charge in [0.25, 0.3) is 0 Å². The van der Waals surface area contributed by atoms with E-state index in [1.165, 1.54) is 11.3 Å². The number of ether oxygens (including phenoxy) is 1. The third-order valence-electron chi connectivity index (χ3n) is 4.44. The molecule has 2 aromatic heterocycles. The van der Waals surface area contributed by atoms with Gasteiger partial charge < -0.3 is 20.5 Å². The molecule has 3 N–H and O–H groups in total. The Labute approximate surface area is 204 Å². The topological polar surface area (TPSA) is 78.8 Å². The summed E-state index contributed by atoms with van der Waals surface area (Å²) in [4.78, 5) is 9.83. The van der Waals surface area contributed by atoms with Crippen molar-refractivity contribution in [3.05, 3.63) is 82.2 Å². The second-order valence-electron chi connectivity index (χ2n) is 7.08. The molecule has 0 radical (unpaired) electrons. The van der Waals surface area contributed by atoms with Crippen LogP contribution in [0.3, 0.4) is 0 Å². The molecule has 0 aliphatic rings. The standard InChI is InChI=1S/C23H28N4O2S.HI/c1-3-24-22(27-17-23(2,28)20-10-7-13-30-20)26-15-19-11-12-25-21(14-19)29-16-18-8-5-4-6-9-18;/h4-14,28H,3,15-17H2,1-2H3,(H2,24,26,27);1H. The predicted molar refractivity (Wildman–Crippen MR) is 137 cm³/mol. The Morgan fingerprint density at radius 1 is 1.13 bits per heavy atom. The minimum atomic E-state index is -0.959. The first-order valence-corrected chi connectivity index (χ1v) is 10.8. The molecule has 0 aliphatic heterocycles. The van der Waals surface area contributed by atoms with Crippen LogP contribution in [-0.4, -0.2) is 29.1 Å². The zero-order chi connectivity index (χ0) is 21.2. The van der Waals surface area contributed by atoms with Crippen LogP contribution in [-0.2, 0) is 18.8 Å². The largest absolute Gasteiger partial charge is 0.473 e. The van der Waals surface area contributed by atoms with Crippen molar-refractivity contribution in [2.45, 2.75) is 32.6 Å². The first kappa shape index (κ1) is 25.1. The molecule has 0 aliphatic carbocycles. The molecule has 0 amide bonds. The normalized spacial score (nSPS) is 13.1. The van der Waals surface area contributed by atoms with Gasteiger partial charge in [-0.05, 0) is 42.5 Å². The van der Waals surface area contributed by atoms with Crippen molar-refractivity contribution >= 4 is 41.3 Å². The number of guanidine groups is 1. The van der Waals surface area contributed by atoms with Crippen LogP contribution in [0.1, 0.15) is 29.9 Å². The Balaban J connectivity index is 0.00000341. The fraction of sp³-hybridized carbons (Fsp3) is 0.304. The van der Waals surface area contributed by atoms with Crippen molar-refractivity contribution in [3.63, 3.8) is 0 Å². The Morgan fingerprint density at radius 3 is 2.65 bits per heavy atom. The van der Waals surface area contributed by atoms with E-state index >= 15 is 0 Å². The molecule has 0 saturated carbocycles. The van der Waals surface area contributed by atoms with Crippen LogP contribution in [0.25, 0.3) is 0 Å². The number of aromatic nitrogens is 1. The van der Waals surface area contributed by atoms with Crippen molar-refractivity contribution < 1.29 is 9.84 Å². The summed E-state index contributed by atoms with van der Waals surface area (Å²) in [5, 5.41) is 19.1. The van der Waals surface area contributed by atoms with Crippen molar-refractivity contribution in [2.75, 3.05) is 13.1 Å². The van der Waals surface area contributed by atoms with Gasteiger partial charge in [0, 0.05) is 23.7 Å². The van der Waals surface area contributed by atoms with Crippen LogP contribution >= 0.6 is 35.3 Å². The van der Waals surface area contributed by atoms with E-state index in [-0.39, 0.29) is 24.0 Å². The summed E-state index contributed by atoms with van der Waals surface area (Å²) < 4.78 is 5.80. The molecule has 1 aromatic carbocycles. The fourth-order valence-corrected chi connectivity index (χ4v) is 3.59. The molecule has 3 rings (SSSR count). The highest BCUT2D eigenvalue weighted by Gasteiger charge is 2.24. The summed E-state index contributed by atoms with van der Waals surface area (Å²) >= 11 is 1.54. The number of pyridine rings is 1. The third-order valence-corrected chi connectivity index (χ3v) is 5.57. The number of nitrogens with zero attached hydrogens (tertiary/aromatic N) is 2. The molecule has 1 unspecified atom stereocenters. The quantitative estimate of drug-likeness (QED) is 0.210. The number of thiophene rings is 1. The molecule has 3 aromatic rings. The van der Waals surface area contributed by atoms with Crippen LogP contribution in [0.5, 0.6) is 5.88 Å². The van der Waals surface area contributed by atoms with E-state index in [4.69, 9.17) is 4.74 Å². The maximum Gasteiger partial charge on any atom is 0.213 e.